The molecule has 1 saturated heterocycles. The number of hydrogen-bond acceptors (Lipinski definition) is 1. The number of benzene rings is 1. The van der Waals surface area contributed by atoms with Crippen LogP contribution in [0, 0.1) is 12.8 Å². The number of carbonyl (C=O) groups is 1. The first-order valence-electron chi connectivity index (χ1n) is 7.99. The Morgan fingerprint density at radius 2 is 2.19 bits per heavy atom. The van der Waals surface area contributed by atoms with Crippen molar-refractivity contribution in [2.75, 3.05) is 13.1 Å². The molecule has 1 fully saturated rings. The van der Waals surface area contributed by atoms with Gasteiger partial charge in [-0.25, -0.2) is 0 Å². The first-order valence-corrected chi connectivity index (χ1v) is 7.99. The monoisotopic (exact) mass is 284 g/mol. The van der Waals surface area contributed by atoms with E-state index in [1.54, 1.807) is 0 Å². The number of carbonyl (C=O) groups excluding carboxylic acids is 1. The van der Waals surface area contributed by atoms with E-state index in [9.17, 15) is 4.79 Å². The molecule has 1 N–H and O–H groups in total. The molecule has 3 rings (SSSR count). The zero-order valence-electron chi connectivity index (χ0n) is 13.0. The van der Waals surface area contributed by atoms with Crippen LogP contribution in [0.25, 0.3) is 10.9 Å². The molecule has 0 bridgehead atoms. The van der Waals surface area contributed by atoms with E-state index >= 15 is 0 Å². The van der Waals surface area contributed by atoms with Gasteiger partial charge in [-0.3, -0.25) is 4.79 Å². The van der Waals surface area contributed by atoms with Crippen LogP contribution in [0.4, 0.5) is 0 Å². The molecule has 1 aliphatic heterocycles. The van der Waals surface area contributed by atoms with E-state index in [4.69, 9.17) is 0 Å². The van der Waals surface area contributed by atoms with Gasteiger partial charge in [-0.15, -0.1) is 0 Å². The van der Waals surface area contributed by atoms with Crippen LogP contribution < -0.4 is 0 Å². The van der Waals surface area contributed by atoms with Gasteiger partial charge in [-0.05, 0) is 43.7 Å². The Bertz CT molecular complexity index is 644. The normalized spacial score (nSPS) is 19.1. The predicted molar refractivity (Wildman–Crippen MR) is 86.3 cm³/mol. The highest BCUT2D eigenvalue weighted by molar-refractivity contribution is 5.85. The smallest absolute Gasteiger partial charge is 0.222 e. The number of H-pyrrole nitrogens is 1. The largest absolute Gasteiger partial charge is 0.358 e. The van der Waals surface area contributed by atoms with Crippen LogP contribution in [0.5, 0.6) is 0 Å². The van der Waals surface area contributed by atoms with E-state index in [1.165, 1.54) is 28.6 Å². The lowest BCUT2D eigenvalue weighted by Gasteiger charge is -2.31. The third kappa shape index (κ3) is 2.97. The standard InChI is InChI=1S/C18H24N2O/c1-13-6-5-11-20(12-13)18(21)10-9-15-14(2)19-17-8-4-3-7-16(15)17/h3-4,7-8,13,19H,5-6,9-12H2,1-2H3. The van der Waals surface area contributed by atoms with Gasteiger partial charge in [0.25, 0.3) is 0 Å². The molecule has 1 aromatic carbocycles. The molecular weight excluding hydrogens is 260 g/mol. The Morgan fingerprint density at radius 1 is 1.38 bits per heavy atom. The van der Waals surface area contributed by atoms with E-state index in [0.717, 1.165) is 25.9 Å². The number of amides is 1. The molecular formula is C18H24N2O. The zero-order chi connectivity index (χ0) is 14.8. The van der Waals surface area contributed by atoms with Gasteiger partial charge >= 0.3 is 0 Å². The molecule has 1 amide bonds. The average Bonchev–Trinajstić information content (AvgIpc) is 2.80. The van der Waals surface area contributed by atoms with Crippen LogP contribution in [0.3, 0.4) is 0 Å². The number of aromatic amines is 1. The fraction of sp³-hybridized carbons (Fsp3) is 0.500. The molecule has 0 saturated carbocycles. The third-order valence-electron chi connectivity index (χ3n) is 4.63. The molecule has 21 heavy (non-hydrogen) atoms. The number of fused-ring (bicyclic) bond motifs is 1. The van der Waals surface area contributed by atoms with E-state index in [1.807, 2.05) is 6.07 Å². The second kappa shape index (κ2) is 5.92. The SMILES string of the molecule is Cc1[nH]c2ccccc2c1CCC(=O)N1CCCC(C)C1. The van der Waals surface area contributed by atoms with Crippen molar-refractivity contribution in [3.63, 3.8) is 0 Å². The summed E-state index contributed by atoms with van der Waals surface area (Å²) in [6.07, 6.45) is 3.86. The topological polar surface area (TPSA) is 36.1 Å². The lowest BCUT2D eigenvalue weighted by molar-refractivity contribution is -0.132. The molecule has 1 aromatic heterocycles. The highest BCUT2D eigenvalue weighted by Gasteiger charge is 2.21. The van der Waals surface area contributed by atoms with Crippen molar-refractivity contribution >= 4 is 16.8 Å². The van der Waals surface area contributed by atoms with Crippen molar-refractivity contribution in [1.29, 1.82) is 0 Å². The number of rotatable bonds is 3. The molecule has 3 heteroatoms. The number of hydrogen-bond donors (Lipinski definition) is 1. The molecule has 112 valence electrons. The summed E-state index contributed by atoms with van der Waals surface area (Å²) < 4.78 is 0. The van der Waals surface area contributed by atoms with Crippen molar-refractivity contribution in [2.45, 2.75) is 39.5 Å². The molecule has 2 heterocycles. The second-order valence-electron chi connectivity index (χ2n) is 6.36. The van der Waals surface area contributed by atoms with Gasteiger partial charge in [0.2, 0.25) is 5.91 Å². The average molecular weight is 284 g/mol. The lowest BCUT2D eigenvalue weighted by atomic mass is 9.99. The van der Waals surface area contributed by atoms with Gasteiger partial charge in [0.05, 0.1) is 0 Å². The third-order valence-corrected chi connectivity index (χ3v) is 4.63. The summed E-state index contributed by atoms with van der Waals surface area (Å²) in [5, 5.41) is 1.26. The zero-order valence-corrected chi connectivity index (χ0v) is 13.0. The Kier molecular flexibility index (Phi) is 4.00. The van der Waals surface area contributed by atoms with E-state index < -0.39 is 0 Å². The second-order valence-corrected chi connectivity index (χ2v) is 6.36. The van der Waals surface area contributed by atoms with Crippen LogP contribution >= 0.6 is 0 Å². The Labute approximate surface area is 126 Å². The van der Waals surface area contributed by atoms with Crippen LogP contribution in [0.15, 0.2) is 24.3 Å². The lowest BCUT2D eigenvalue weighted by Crippen LogP contribution is -2.39. The number of nitrogens with one attached hydrogen (secondary N) is 1. The quantitative estimate of drug-likeness (QED) is 0.917. The van der Waals surface area contributed by atoms with Gasteiger partial charge < -0.3 is 9.88 Å². The van der Waals surface area contributed by atoms with Crippen LogP contribution in [-0.4, -0.2) is 28.9 Å². The van der Waals surface area contributed by atoms with Crippen molar-refractivity contribution in [1.82, 2.24) is 9.88 Å². The summed E-state index contributed by atoms with van der Waals surface area (Å²) in [4.78, 5) is 17.9. The van der Waals surface area contributed by atoms with Gasteiger partial charge in [0, 0.05) is 36.1 Å². The Morgan fingerprint density at radius 3 is 3.00 bits per heavy atom. The minimum absolute atomic E-state index is 0.311. The van der Waals surface area contributed by atoms with Crippen molar-refractivity contribution < 1.29 is 4.79 Å². The van der Waals surface area contributed by atoms with Crippen molar-refractivity contribution in [3.8, 4) is 0 Å². The van der Waals surface area contributed by atoms with Crippen molar-refractivity contribution in [3.05, 3.63) is 35.5 Å². The van der Waals surface area contributed by atoms with Crippen LogP contribution in [-0.2, 0) is 11.2 Å². The first-order chi connectivity index (χ1) is 10.1. The molecule has 1 unspecified atom stereocenters. The van der Waals surface area contributed by atoms with E-state index in [-0.39, 0.29) is 0 Å². The number of aryl methyl sites for hydroxylation is 2. The number of nitrogens with zero attached hydrogens (tertiary/aromatic N) is 1. The van der Waals surface area contributed by atoms with Crippen LogP contribution in [0.2, 0.25) is 0 Å². The molecule has 3 nitrogen and oxygen atoms in total. The minimum atomic E-state index is 0.311. The van der Waals surface area contributed by atoms with Crippen LogP contribution in [0.1, 0.15) is 37.4 Å². The highest BCUT2D eigenvalue weighted by atomic mass is 16.2. The minimum Gasteiger partial charge on any atom is -0.358 e. The molecule has 0 radical (unpaired) electrons. The highest BCUT2D eigenvalue weighted by Crippen LogP contribution is 2.24. The summed E-state index contributed by atoms with van der Waals surface area (Å²) >= 11 is 0. The van der Waals surface area contributed by atoms with Gasteiger partial charge in [0.15, 0.2) is 0 Å². The summed E-state index contributed by atoms with van der Waals surface area (Å²) in [6, 6.07) is 8.34. The number of aromatic nitrogens is 1. The number of piperidine rings is 1. The first kappa shape index (κ1) is 14.2. The summed E-state index contributed by atoms with van der Waals surface area (Å²) in [6.45, 7) is 6.22. The van der Waals surface area contributed by atoms with Crippen molar-refractivity contribution in [2.24, 2.45) is 5.92 Å². The van der Waals surface area contributed by atoms with Gasteiger partial charge in [0.1, 0.15) is 0 Å². The summed E-state index contributed by atoms with van der Waals surface area (Å²) in [5.41, 5.74) is 3.66. The number of para-hydroxylation sites is 1. The fourth-order valence-electron chi connectivity index (χ4n) is 3.46. The molecule has 2 aromatic rings. The maximum Gasteiger partial charge on any atom is 0.222 e. The van der Waals surface area contributed by atoms with E-state index in [0.29, 0.717) is 18.2 Å². The number of likely N-dealkylation sites (tertiary alicyclic amines) is 1. The Hall–Kier alpha value is -1.77. The van der Waals surface area contributed by atoms with Gasteiger partial charge in [-0.2, -0.15) is 0 Å². The van der Waals surface area contributed by atoms with E-state index in [2.05, 4.69) is 41.9 Å². The molecule has 1 aliphatic rings. The Balaban J connectivity index is 1.69. The molecule has 0 aliphatic carbocycles. The maximum absolute atomic E-state index is 12.4. The molecule has 0 spiro atoms. The predicted octanol–water partition coefficient (Wildman–Crippen LogP) is 3.67. The summed E-state index contributed by atoms with van der Waals surface area (Å²) in [5.74, 6) is 0.962. The fourth-order valence-corrected chi connectivity index (χ4v) is 3.46. The molecule has 1 atom stereocenters. The van der Waals surface area contributed by atoms with Gasteiger partial charge in [-0.1, -0.05) is 25.1 Å². The maximum atomic E-state index is 12.4. The summed E-state index contributed by atoms with van der Waals surface area (Å²) in [7, 11) is 0.